The molecule has 0 N–H and O–H groups in total. The minimum absolute atomic E-state index is 0.367. The Morgan fingerprint density at radius 2 is 1.70 bits per heavy atom. The highest BCUT2D eigenvalue weighted by molar-refractivity contribution is 9.10. The lowest BCUT2D eigenvalue weighted by molar-refractivity contribution is 0.455. The lowest BCUT2D eigenvalue weighted by atomic mass is 10.1. The van der Waals surface area contributed by atoms with E-state index in [1.807, 2.05) is 19.9 Å². The number of halogens is 1. The summed E-state index contributed by atoms with van der Waals surface area (Å²) in [4.78, 5) is 8.67. The van der Waals surface area contributed by atoms with Gasteiger partial charge in [0, 0.05) is 12.3 Å². The van der Waals surface area contributed by atoms with Crippen LogP contribution in [-0.4, -0.2) is 9.97 Å². The number of hydrogen-bond donors (Lipinski definition) is 0. The third-order valence-electron chi connectivity index (χ3n) is 3.79. The lowest BCUT2D eigenvalue weighted by Crippen LogP contribution is -2.06. The fourth-order valence-electron chi connectivity index (χ4n) is 2.58. The van der Waals surface area contributed by atoms with Crippen molar-refractivity contribution in [3.8, 4) is 23.8 Å². The van der Waals surface area contributed by atoms with Crippen molar-refractivity contribution >= 4 is 27.8 Å². The van der Waals surface area contributed by atoms with Crippen LogP contribution < -0.4 is 8.66 Å². The molecule has 3 aromatic rings. The van der Waals surface area contributed by atoms with E-state index in [1.54, 1.807) is 46.5 Å². The predicted molar refractivity (Wildman–Crippen MR) is 105 cm³/mol. The van der Waals surface area contributed by atoms with Gasteiger partial charge in [-0.2, -0.15) is 15.5 Å². The summed E-state index contributed by atoms with van der Waals surface area (Å²) in [6.07, 6.45) is 1.59. The third kappa shape index (κ3) is 4.05. The normalized spacial score (nSPS) is 9.96. The van der Waals surface area contributed by atoms with E-state index in [1.165, 1.54) is 0 Å². The molecule has 0 bridgehead atoms. The van der Waals surface area contributed by atoms with E-state index >= 15 is 0 Å². The molecule has 3 rings (SSSR count). The number of hydrogen-bond acceptors (Lipinski definition) is 6. The summed E-state index contributed by atoms with van der Waals surface area (Å²) in [6, 6.07) is 16.5. The van der Waals surface area contributed by atoms with Crippen molar-refractivity contribution in [2.75, 3.05) is 3.93 Å². The number of nitrogens with zero attached hydrogens (tertiary/aromatic N) is 5. The van der Waals surface area contributed by atoms with Crippen molar-refractivity contribution in [3.05, 3.63) is 70.9 Å². The first-order valence-electron chi connectivity index (χ1n) is 8.00. The zero-order valence-electron chi connectivity index (χ0n) is 14.6. The Bertz CT molecular complexity index is 1060. The van der Waals surface area contributed by atoms with Gasteiger partial charge in [0.25, 0.3) is 0 Å². The Balaban J connectivity index is 1.90. The van der Waals surface area contributed by atoms with Crippen molar-refractivity contribution in [2.24, 2.45) is 0 Å². The van der Waals surface area contributed by atoms with Crippen LogP contribution >= 0.6 is 16.1 Å². The maximum atomic E-state index is 9.07. The number of aryl methyl sites for hydroxylation is 2. The van der Waals surface area contributed by atoms with Crippen LogP contribution in [-0.2, 0) is 0 Å². The van der Waals surface area contributed by atoms with E-state index in [-0.39, 0.29) is 0 Å². The molecule has 132 valence electrons. The molecule has 0 aliphatic rings. The molecule has 1 aromatic heterocycles. The van der Waals surface area contributed by atoms with Crippen LogP contribution in [0.2, 0.25) is 0 Å². The van der Waals surface area contributed by atoms with Gasteiger partial charge in [0.05, 0.1) is 45.1 Å². The predicted octanol–water partition coefficient (Wildman–Crippen LogP) is 5.08. The molecular formula is C20H14BrN5O. The number of ether oxygens (including phenoxy) is 1. The summed E-state index contributed by atoms with van der Waals surface area (Å²) >= 11 is 3.43. The van der Waals surface area contributed by atoms with Crippen LogP contribution in [0.5, 0.6) is 11.6 Å². The molecule has 0 radical (unpaired) electrons. The largest absolute Gasteiger partial charge is 0.438 e. The zero-order valence-corrected chi connectivity index (χ0v) is 16.2. The second-order valence-electron chi connectivity index (χ2n) is 5.79. The Labute approximate surface area is 165 Å². The first kappa shape index (κ1) is 18.4. The molecule has 6 nitrogen and oxygen atoms in total. The van der Waals surface area contributed by atoms with Crippen LogP contribution in [0.1, 0.15) is 22.3 Å². The van der Waals surface area contributed by atoms with Crippen LogP contribution in [0.3, 0.4) is 0 Å². The van der Waals surface area contributed by atoms with Gasteiger partial charge in [-0.3, -0.25) is 0 Å². The maximum absolute atomic E-state index is 9.07. The van der Waals surface area contributed by atoms with Crippen LogP contribution in [0.4, 0.5) is 11.6 Å². The Morgan fingerprint density at radius 1 is 1.00 bits per heavy atom. The van der Waals surface area contributed by atoms with Gasteiger partial charge >= 0.3 is 0 Å². The Hall–Kier alpha value is -3.42. The molecule has 0 unspecified atom stereocenters. The zero-order chi connectivity index (χ0) is 19.4. The molecule has 0 atom stereocenters. The highest BCUT2D eigenvalue weighted by atomic mass is 79.9. The SMILES string of the molecule is Cc1cc(C#N)cc(C)c1Oc1ccnc(N(Br)c2cccc(C#N)c2)n1. The molecule has 0 aliphatic heterocycles. The molecule has 0 amide bonds. The van der Waals surface area contributed by atoms with Gasteiger partial charge in [-0.1, -0.05) is 6.07 Å². The summed E-state index contributed by atoms with van der Waals surface area (Å²) < 4.78 is 7.55. The van der Waals surface area contributed by atoms with Gasteiger partial charge in [0.1, 0.15) is 5.75 Å². The molecule has 0 aliphatic carbocycles. The van der Waals surface area contributed by atoms with Crippen LogP contribution in [0.25, 0.3) is 0 Å². The number of rotatable bonds is 4. The smallest absolute Gasteiger partial charge is 0.243 e. The maximum Gasteiger partial charge on any atom is 0.243 e. The average Bonchev–Trinajstić information content (AvgIpc) is 2.70. The van der Waals surface area contributed by atoms with E-state index < -0.39 is 0 Å². The summed E-state index contributed by atoms with van der Waals surface area (Å²) in [5.41, 5.74) is 3.54. The van der Waals surface area contributed by atoms with Crippen molar-refractivity contribution in [2.45, 2.75) is 13.8 Å². The van der Waals surface area contributed by atoms with Gasteiger partial charge < -0.3 is 4.74 Å². The summed E-state index contributed by atoms with van der Waals surface area (Å²) in [6.45, 7) is 3.77. The van der Waals surface area contributed by atoms with E-state index in [9.17, 15) is 0 Å². The fraction of sp³-hybridized carbons (Fsp3) is 0.100. The quantitative estimate of drug-likeness (QED) is 0.548. The van der Waals surface area contributed by atoms with Gasteiger partial charge in [-0.15, -0.1) is 0 Å². The topological polar surface area (TPSA) is 85.8 Å². The number of nitriles is 2. The summed E-state index contributed by atoms with van der Waals surface area (Å²) in [7, 11) is 0. The fourth-order valence-corrected chi connectivity index (χ4v) is 2.97. The first-order valence-corrected chi connectivity index (χ1v) is 8.71. The summed E-state index contributed by atoms with van der Waals surface area (Å²) in [5, 5.41) is 18.1. The lowest BCUT2D eigenvalue weighted by Gasteiger charge is -2.16. The van der Waals surface area contributed by atoms with Crippen molar-refractivity contribution in [3.63, 3.8) is 0 Å². The minimum Gasteiger partial charge on any atom is -0.438 e. The summed E-state index contributed by atoms with van der Waals surface area (Å²) in [5.74, 6) is 1.40. The monoisotopic (exact) mass is 419 g/mol. The molecule has 0 saturated carbocycles. The second-order valence-corrected chi connectivity index (χ2v) is 6.50. The molecule has 2 aromatic carbocycles. The number of benzene rings is 2. The number of aromatic nitrogens is 2. The second kappa shape index (κ2) is 7.86. The van der Waals surface area contributed by atoms with Crippen LogP contribution in [0, 0.1) is 36.5 Å². The van der Waals surface area contributed by atoms with Crippen molar-refractivity contribution in [1.82, 2.24) is 9.97 Å². The average molecular weight is 420 g/mol. The Kier molecular flexibility index (Phi) is 5.35. The van der Waals surface area contributed by atoms with E-state index in [2.05, 4.69) is 38.3 Å². The number of anilines is 2. The molecular weight excluding hydrogens is 406 g/mol. The van der Waals surface area contributed by atoms with Crippen molar-refractivity contribution in [1.29, 1.82) is 10.5 Å². The third-order valence-corrected chi connectivity index (χ3v) is 4.52. The molecule has 0 spiro atoms. The molecule has 7 heteroatoms. The van der Waals surface area contributed by atoms with E-state index in [4.69, 9.17) is 15.3 Å². The van der Waals surface area contributed by atoms with Crippen LogP contribution in [0.15, 0.2) is 48.7 Å². The molecule has 1 heterocycles. The first-order chi connectivity index (χ1) is 13.0. The van der Waals surface area contributed by atoms with Gasteiger partial charge in [-0.25, -0.2) is 8.91 Å². The Morgan fingerprint density at radius 3 is 2.37 bits per heavy atom. The highest BCUT2D eigenvalue weighted by Crippen LogP contribution is 2.31. The van der Waals surface area contributed by atoms with Gasteiger partial charge in [-0.05, 0) is 55.3 Å². The van der Waals surface area contributed by atoms with E-state index in [0.29, 0.717) is 28.7 Å². The van der Waals surface area contributed by atoms with Gasteiger partial charge in [0.15, 0.2) is 0 Å². The van der Waals surface area contributed by atoms with Crippen molar-refractivity contribution < 1.29 is 4.74 Å². The molecule has 0 saturated heterocycles. The highest BCUT2D eigenvalue weighted by Gasteiger charge is 2.13. The molecule has 0 fully saturated rings. The standard InChI is InChI=1S/C20H14BrN5O/c1-13-8-16(12-23)9-14(2)19(13)27-18-6-7-24-20(25-18)26(21)17-5-3-4-15(10-17)11-22/h3-10H,1-2H3. The molecule has 27 heavy (non-hydrogen) atoms. The van der Waals surface area contributed by atoms with Gasteiger partial charge in [0.2, 0.25) is 11.8 Å². The van der Waals surface area contributed by atoms with E-state index in [0.717, 1.165) is 16.8 Å². The minimum atomic E-state index is 0.367.